The summed E-state index contributed by atoms with van der Waals surface area (Å²) in [7, 11) is -3.45. The number of carbonyl (C=O) groups is 1. The summed E-state index contributed by atoms with van der Waals surface area (Å²) in [6.07, 6.45) is 0. The summed E-state index contributed by atoms with van der Waals surface area (Å²) in [5, 5.41) is 12.5. The summed E-state index contributed by atoms with van der Waals surface area (Å²) >= 11 is 2.97. The number of sulfonamides is 1. The van der Waals surface area contributed by atoms with Gasteiger partial charge in [0.05, 0.1) is 19.0 Å². The fraction of sp³-hybridized carbons (Fsp3) is 0.421. The van der Waals surface area contributed by atoms with Crippen LogP contribution in [0.15, 0.2) is 33.0 Å². The zero-order valence-electron chi connectivity index (χ0n) is 16.9. The maximum Gasteiger partial charge on any atom is 0.287 e. The summed E-state index contributed by atoms with van der Waals surface area (Å²) in [5.74, 6) is 0.0734. The van der Waals surface area contributed by atoms with Crippen molar-refractivity contribution < 1.29 is 22.4 Å². The number of morpholine rings is 1. The summed E-state index contributed by atoms with van der Waals surface area (Å²) in [5.41, 5.74) is 1.36. The SMILES string of the molecule is Cc1nnc(SCc2c(C(=O)NCCS(=O)(=O)N3CCOCC3)oc3ccccc23)s1. The molecule has 0 bridgehead atoms. The van der Waals surface area contributed by atoms with Gasteiger partial charge in [-0.2, -0.15) is 4.31 Å². The molecule has 166 valence electrons. The first-order valence-corrected chi connectivity index (χ1v) is 13.1. The molecule has 0 spiro atoms. The Kier molecular flexibility index (Phi) is 6.92. The summed E-state index contributed by atoms with van der Waals surface area (Å²) in [4.78, 5) is 12.8. The van der Waals surface area contributed by atoms with E-state index in [-0.39, 0.29) is 18.1 Å². The first kappa shape index (κ1) is 22.2. The molecule has 1 N–H and O–H groups in total. The number of aryl methyl sites for hydroxylation is 1. The lowest BCUT2D eigenvalue weighted by Crippen LogP contribution is -2.43. The number of ether oxygens (including phenoxy) is 1. The molecule has 12 heteroatoms. The number of carbonyl (C=O) groups excluding carboxylic acids is 1. The number of nitrogens with one attached hydrogen (secondary N) is 1. The highest BCUT2D eigenvalue weighted by Gasteiger charge is 2.25. The predicted octanol–water partition coefficient (Wildman–Crippen LogP) is 2.28. The van der Waals surface area contributed by atoms with Gasteiger partial charge in [-0.1, -0.05) is 41.3 Å². The molecule has 1 fully saturated rings. The highest BCUT2D eigenvalue weighted by atomic mass is 32.2. The minimum Gasteiger partial charge on any atom is -0.451 e. The van der Waals surface area contributed by atoms with Crippen molar-refractivity contribution in [2.75, 3.05) is 38.6 Å². The fourth-order valence-electron chi connectivity index (χ4n) is 3.22. The Morgan fingerprint density at radius 1 is 1.26 bits per heavy atom. The largest absolute Gasteiger partial charge is 0.451 e. The summed E-state index contributed by atoms with van der Waals surface area (Å²) < 4.78 is 38.1. The van der Waals surface area contributed by atoms with Gasteiger partial charge in [-0.3, -0.25) is 4.79 Å². The van der Waals surface area contributed by atoms with Crippen LogP contribution in [0, 0.1) is 6.92 Å². The van der Waals surface area contributed by atoms with Crippen molar-refractivity contribution >= 4 is 50.0 Å². The second-order valence-electron chi connectivity index (χ2n) is 6.86. The van der Waals surface area contributed by atoms with Crippen molar-refractivity contribution in [3.05, 3.63) is 40.6 Å². The number of hydrogen-bond donors (Lipinski definition) is 1. The van der Waals surface area contributed by atoms with Crippen LogP contribution in [0.1, 0.15) is 21.1 Å². The molecule has 1 aliphatic rings. The fourth-order valence-corrected chi connectivity index (χ4v) is 6.39. The van der Waals surface area contributed by atoms with Gasteiger partial charge < -0.3 is 14.5 Å². The molecule has 4 rings (SSSR count). The lowest BCUT2D eigenvalue weighted by atomic mass is 10.1. The van der Waals surface area contributed by atoms with Gasteiger partial charge in [-0.25, -0.2) is 8.42 Å². The van der Waals surface area contributed by atoms with E-state index < -0.39 is 15.9 Å². The third kappa shape index (κ3) is 5.26. The van der Waals surface area contributed by atoms with E-state index in [1.165, 1.54) is 27.4 Å². The quantitative estimate of drug-likeness (QED) is 0.486. The van der Waals surface area contributed by atoms with E-state index in [9.17, 15) is 13.2 Å². The normalized spacial score (nSPS) is 15.4. The molecule has 9 nitrogen and oxygen atoms in total. The van der Waals surface area contributed by atoms with Crippen LogP contribution in [-0.2, 0) is 20.5 Å². The van der Waals surface area contributed by atoms with Crippen LogP contribution in [0.3, 0.4) is 0 Å². The van der Waals surface area contributed by atoms with E-state index in [0.717, 1.165) is 20.3 Å². The average molecular weight is 483 g/mol. The molecule has 1 saturated heterocycles. The van der Waals surface area contributed by atoms with Crippen LogP contribution < -0.4 is 5.32 Å². The second-order valence-corrected chi connectivity index (χ2v) is 11.4. The van der Waals surface area contributed by atoms with Gasteiger partial charge in [0.25, 0.3) is 5.91 Å². The van der Waals surface area contributed by atoms with Crippen LogP contribution in [0.5, 0.6) is 0 Å². The molecule has 31 heavy (non-hydrogen) atoms. The topological polar surface area (TPSA) is 115 Å². The van der Waals surface area contributed by atoms with Gasteiger partial charge in [0.15, 0.2) is 10.1 Å². The maximum absolute atomic E-state index is 12.8. The van der Waals surface area contributed by atoms with Crippen LogP contribution in [0.2, 0.25) is 0 Å². The molecule has 2 aromatic heterocycles. The van der Waals surface area contributed by atoms with Crippen LogP contribution >= 0.6 is 23.1 Å². The molecule has 3 heterocycles. The van der Waals surface area contributed by atoms with E-state index in [2.05, 4.69) is 15.5 Å². The van der Waals surface area contributed by atoms with E-state index in [4.69, 9.17) is 9.15 Å². The molecular weight excluding hydrogens is 460 g/mol. The smallest absolute Gasteiger partial charge is 0.287 e. The van der Waals surface area contributed by atoms with Gasteiger partial charge in [0.2, 0.25) is 10.0 Å². The van der Waals surface area contributed by atoms with Crippen LogP contribution in [0.25, 0.3) is 11.0 Å². The summed E-state index contributed by atoms with van der Waals surface area (Å²) in [6.45, 7) is 3.34. The Hall–Kier alpha value is -1.99. The van der Waals surface area contributed by atoms with Crippen LogP contribution in [0.4, 0.5) is 0 Å². The number of amides is 1. The summed E-state index contributed by atoms with van der Waals surface area (Å²) in [6, 6.07) is 7.43. The van der Waals surface area contributed by atoms with Crippen molar-refractivity contribution in [2.24, 2.45) is 0 Å². The average Bonchev–Trinajstić information content (AvgIpc) is 3.36. The highest BCUT2D eigenvalue weighted by Crippen LogP contribution is 2.33. The van der Waals surface area contributed by atoms with Crippen molar-refractivity contribution in [3.63, 3.8) is 0 Å². The predicted molar refractivity (Wildman–Crippen MR) is 119 cm³/mol. The molecule has 0 radical (unpaired) electrons. The van der Waals surface area contributed by atoms with Crippen molar-refractivity contribution in [1.82, 2.24) is 19.8 Å². The van der Waals surface area contributed by atoms with Crippen LogP contribution in [-0.4, -0.2) is 67.4 Å². The minimum absolute atomic E-state index is 0.00224. The van der Waals surface area contributed by atoms with E-state index >= 15 is 0 Å². The van der Waals surface area contributed by atoms with E-state index in [1.807, 2.05) is 25.1 Å². The van der Waals surface area contributed by atoms with E-state index in [0.29, 0.717) is 37.6 Å². The zero-order valence-corrected chi connectivity index (χ0v) is 19.3. The number of aromatic nitrogens is 2. The number of furan rings is 1. The molecule has 3 aromatic rings. The molecule has 1 amide bonds. The van der Waals surface area contributed by atoms with Gasteiger partial charge in [-0.15, -0.1) is 10.2 Å². The maximum atomic E-state index is 12.8. The van der Waals surface area contributed by atoms with E-state index in [1.54, 1.807) is 6.07 Å². The lowest BCUT2D eigenvalue weighted by molar-refractivity contribution is 0.0730. The Balaban J connectivity index is 1.45. The number of rotatable bonds is 8. The molecule has 1 aromatic carbocycles. The first-order chi connectivity index (χ1) is 14.9. The van der Waals surface area contributed by atoms with Gasteiger partial charge in [0, 0.05) is 36.3 Å². The van der Waals surface area contributed by atoms with Gasteiger partial charge in [0.1, 0.15) is 10.6 Å². The Labute approximate surface area is 188 Å². The van der Waals surface area contributed by atoms with Crippen molar-refractivity contribution in [3.8, 4) is 0 Å². The molecule has 0 atom stereocenters. The molecule has 0 aliphatic carbocycles. The zero-order chi connectivity index (χ0) is 21.8. The monoisotopic (exact) mass is 482 g/mol. The molecule has 1 aliphatic heterocycles. The standard InChI is InChI=1S/C19H22N4O5S3/c1-13-21-22-19(30-13)29-12-15-14-4-2-3-5-16(14)28-17(15)18(24)20-6-11-31(25,26)23-7-9-27-10-8-23/h2-5H,6-12H2,1H3,(H,20,24). The Morgan fingerprint density at radius 2 is 2.03 bits per heavy atom. The second kappa shape index (κ2) is 9.65. The number of nitrogens with zero attached hydrogens (tertiary/aromatic N) is 3. The van der Waals surface area contributed by atoms with Crippen molar-refractivity contribution in [2.45, 2.75) is 17.0 Å². The number of benzene rings is 1. The molecule has 0 saturated carbocycles. The molecule has 0 unspecified atom stereocenters. The van der Waals surface area contributed by atoms with Gasteiger partial charge in [-0.05, 0) is 13.0 Å². The first-order valence-electron chi connectivity index (χ1n) is 9.71. The lowest BCUT2D eigenvalue weighted by Gasteiger charge is -2.25. The Morgan fingerprint density at radius 3 is 2.77 bits per heavy atom. The van der Waals surface area contributed by atoms with Crippen molar-refractivity contribution in [1.29, 1.82) is 0 Å². The third-order valence-electron chi connectivity index (χ3n) is 4.76. The number of para-hydroxylation sites is 1. The number of fused-ring (bicyclic) bond motifs is 1. The molecular formula is C19H22N4O5S3. The third-order valence-corrected chi connectivity index (χ3v) is 8.63. The number of thioether (sulfide) groups is 1. The Bertz CT molecular complexity index is 1170. The minimum atomic E-state index is -3.45. The highest BCUT2D eigenvalue weighted by molar-refractivity contribution is 8.00. The van der Waals surface area contributed by atoms with Gasteiger partial charge >= 0.3 is 0 Å². The number of hydrogen-bond acceptors (Lipinski definition) is 9.